The Bertz CT molecular complexity index is 3090. The van der Waals surface area contributed by atoms with E-state index in [1.54, 1.807) is 0 Å². The quantitative estimate of drug-likeness (QED) is 0.192. The van der Waals surface area contributed by atoms with Gasteiger partial charge in [0, 0.05) is 49.4 Å². The highest BCUT2D eigenvalue weighted by molar-refractivity contribution is 6.27. The van der Waals surface area contributed by atoms with Crippen molar-refractivity contribution in [3.05, 3.63) is 164 Å². The summed E-state index contributed by atoms with van der Waals surface area (Å²) in [6, 6.07) is 57.3. The van der Waals surface area contributed by atoms with Gasteiger partial charge in [-0.05, 0) is 107 Å². The molecule has 0 fully saturated rings. The molecule has 0 aliphatic carbocycles. The van der Waals surface area contributed by atoms with Crippen LogP contribution in [0, 0.1) is 0 Å². The molecule has 0 bridgehead atoms. The molecular weight excluding hydrogens is 615 g/mol. The van der Waals surface area contributed by atoms with Gasteiger partial charge in [-0.25, -0.2) is 0 Å². The van der Waals surface area contributed by atoms with Crippen LogP contribution in [0.3, 0.4) is 0 Å². The molecule has 0 atom stereocenters. The van der Waals surface area contributed by atoms with Crippen LogP contribution in [0.2, 0.25) is 0 Å². The minimum absolute atomic E-state index is 0.851. The highest BCUT2D eigenvalue weighted by Crippen LogP contribution is 2.44. The van der Waals surface area contributed by atoms with Gasteiger partial charge in [-0.2, -0.15) is 0 Å². The molecule has 0 aliphatic heterocycles. The zero-order chi connectivity index (χ0) is 32.8. The number of benzene rings is 8. The maximum Gasteiger partial charge on any atom is 0.136 e. The Hall–Kier alpha value is -6.78. The number of furan rings is 3. The smallest absolute Gasteiger partial charge is 0.136 e. The molecule has 4 heteroatoms. The summed E-state index contributed by atoms with van der Waals surface area (Å²) in [6.45, 7) is 0. The first-order valence-electron chi connectivity index (χ1n) is 16.8. The Labute approximate surface area is 286 Å². The minimum atomic E-state index is 0.851. The first-order valence-corrected chi connectivity index (χ1v) is 16.8. The zero-order valence-electron chi connectivity index (χ0n) is 26.8. The van der Waals surface area contributed by atoms with Crippen LogP contribution >= 0.6 is 0 Å². The Morgan fingerprint density at radius 1 is 0.280 bits per heavy atom. The highest BCUT2D eigenvalue weighted by Gasteiger charge is 2.20. The summed E-state index contributed by atoms with van der Waals surface area (Å²) in [5, 5.41) is 8.89. The van der Waals surface area contributed by atoms with Crippen molar-refractivity contribution in [3.63, 3.8) is 0 Å². The van der Waals surface area contributed by atoms with Crippen molar-refractivity contribution in [1.29, 1.82) is 0 Å². The second-order valence-corrected chi connectivity index (χ2v) is 12.9. The monoisotopic (exact) mass is 641 g/mol. The molecule has 8 aromatic carbocycles. The van der Waals surface area contributed by atoms with Crippen LogP contribution in [0.5, 0.6) is 0 Å². The van der Waals surface area contributed by atoms with Gasteiger partial charge in [0.15, 0.2) is 0 Å². The van der Waals surface area contributed by atoms with E-state index in [1.165, 1.54) is 11.1 Å². The number of rotatable bonds is 4. The number of para-hydroxylation sites is 2. The molecule has 0 saturated heterocycles. The molecule has 0 N–H and O–H groups in total. The lowest BCUT2D eigenvalue weighted by Gasteiger charge is -2.26. The van der Waals surface area contributed by atoms with E-state index in [-0.39, 0.29) is 0 Å². The Morgan fingerprint density at radius 2 is 0.740 bits per heavy atom. The predicted molar refractivity (Wildman–Crippen MR) is 206 cm³/mol. The average Bonchev–Trinajstić information content (AvgIpc) is 3.86. The van der Waals surface area contributed by atoms with Crippen molar-refractivity contribution in [2.24, 2.45) is 0 Å². The van der Waals surface area contributed by atoms with Gasteiger partial charge in [0.05, 0.1) is 0 Å². The molecule has 0 spiro atoms. The maximum absolute atomic E-state index is 6.49. The largest absolute Gasteiger partial charge is 0.456 e. The molecule has 11 aromatic rings. The van der Waals surface area contributed by atoms with Crippen LogP contribution < -0.4 is 4.90 Å². The summed E-state index contributed by atoms with van der Waals surface area (Å²) < 4.78 is 18.9. The normalized spacial score (nSPS) is 12.0. The molecule has 3 aromatic heterocycles. The Kier molecular flexibility index (Phi) is 5.63. The minimum Gasteiger partial charge on any atom is -0.456 e. The van der Waals surface area contributed by atoms with E-state index in [2.05, 4.69) is 138 Å². The predicted octanol–water partition coefficient (Wildman–Crippen LogP) is 13.7. The second-order valence-electron chi connectivity index (χ2n) is 12.9. The Balaban J connectivity index is 1.15. The van der Waals surface area contributed by atoms with Gasteiger partial charge < -0.3 is 18.2 Å². The van der Waals surface area contributed by atoms with E-state index in [0.29, 0.717) is 0 Å². The van der Waals surface area contributed by atoms with Gasteiger partial charge in [-0.1, -0.05) is 78.9 Å². The van der Waals surface area contributed by atoms with E-state index in [4.69, 9.17) is 13.3 Å². The molecule has 50 heavy (non-hydrogen) atoms. The van der Waals surface area contributed by atoms with E-state index in [1.807, 2.05) is 30.3 Å². The number of nitrogens with zero attached hydrogens (tertiary/aromatic N) is 1. The van der Waals surface area contributed by atoms with Crippen LogP contribution in [0.15, 0.2) is 177 Å². The standard InChI is InChI=1S/C46H27NO3/c1-2-8-28(9-3-1)29-14-16-30(17-15-29)47(31-18-22-41-37(26-31)33-10-4-6-12-39(33)48-41)32-19-23-42-38(27-32)46-35-21-24-43-45(34(35)20-25-44(46)50-42)36-11-5-7-13-40(36)49-43/h1-27H. The molecular formula is C46H27NO3. The summed E-state index contributed by atoms with van der Waals surface area (Å²) in [4.78, 5) is 2.32. The van der Waals surface area contributed by atoms with E-state index >= 15 is 0 Å². The third-order valence-electron chi connectivity index (χ3n) is 10.1. The summed E-state index contributed by atoms with van der Waals surface area (Å²) >= 11 is 0. The van der Waals surface area contributed by atoms with Crippen molar-refractivity contribution >= 4 is 93.7 Å². The van der Waals surface area contributed by atoms with Gasteiger partial charge in [-0.15, -0.1) is 0 Å². The van der Waals surface area contributed by atoms with Crippen LogP contribution in [0.25, 0.3) is 87.7 Å². The van der Waals surface area contributed by atoms with Gasteiger partial charge in [-0.3, -0.25) is 0 Å². The van der Waals surface area contributed by atoms with Gasteiger partial charge in [0.25, 0.3) is 0 Å². The molecule has 3 heterocycles. The lowest BCUT2D eigenvalue weighted by atomic mass is 9.99. The summed E-state index contributed by atoms with van der Waals surface area (Å²) in [5.41, 5.74) is 10.7. The SMILES string of the molecule is c1ccc(-c2ccc(N(c3ccc4oc5ccccc5c4c3)c3ccc4oc5ccc6c(ccc7oc8ccccc8c76)c5c4c3)cc2)cc1. The number of hydrogen-bond acceptors (Lipinski definition) is 4. The number of hydrogen-bond donors (Lipinski definition) is 0. The van der Waals surface area contributed by atoms with Crippen LogP contribution in [0.1, 0.15) is 0 Å². The van der Waals surface area contributed by atoms with E-state index in [9.17, 15) is 0 Å². The fraction of sp³-hybridized carbons (Fsp3) is 0. The van der Waals surface area contributed by atoms with Gasteiger partial charge in [0.1, 0.15) is 33.5 Å². The fourth-order valence-electron chi connectivity index (χ4n) is 7.77. The van der Waals surface area contributed by atoms with Crippen LogP contribution in [-0.4, -0.2) is 0 Å². The molecule has 0 unspecified atom stereocenters. The molecule has 0 saturated carbocycles. The summed E-state index contributed by atoms with van der Waals surface area (Å²) in [5.74, 6) is 0. The lowest BCUT2D eigenvalue weighted by molar-refractivity contribution is 0.668. The molecule has 0 radical (unpaired) electrons. The van der Waals surface area contributed by atoms with E-state index in [0.717, 1.165) is 93.7 Å². The third kappa shape index (κ3) is 3.99. The Morgan fingerprint density at radius 3 is 1.44 bits per heavy atom. The number of fused-ring (bicyclic) bond motifs is 12. The fourth-order valence-corrected chi connectivity index (χ4v) is 7.77. The van der Waals surface area contributed by atoms with E-state index < -0.39 is 0 Å². The van der Waals surface area contributed by atoms with Crippen molar-refractivity contribution in [2.75, 3.05) is 4.90 Å². The van der Waals surface area contributed by atoms with Crippen LogP contribution in [-0.2, 0) is 0 Å². The lowest BCUT2D eigenvalue weighted by Crippen LogP contribution is -2.09. The molecule has 0 aliphatic rings. The van der Waals surface area contributed by atoms with Crippen molar-refractivity contribution in [1.82, 2.24) is 0 Å². The van der Waals surface area contributed by atoms with Gasteiger partial charge in [0.2, 0.25) is 0 Å². The summed E-state index contributed by atoms with van der Waals surface area (Å²) in [6.07, 6.45) is 0. The molecule has 234 valence electrons. The number of anilines is 3. The second kappa shape index (κ2) is 10.4. The summed E-state index contributed by atoms with van der Waals surface area (Å²) in [7, 11) is 0. The molecule has 4 nitrogen and oxygen atoms in total. The maximum atomic E-state index is 6.49. The first-order chi connectivity index (χ1) is 24.8. The molecule has 11 rings (SSSR count). The van der Waals surface area contributed by atoms with Crippen molar-refractivity contribution in [3.8, 4) is 11.1 Å². The van der Waals surface area contributed by atoms with Crippen LogP contribution in [0.4, 0.5) is 17.1 Å². The van der Waals surface area contributed by atoms with Crippen molar-refractivity contribution < 1.29 is 13.3 Å². The third-order valence-corrected chi connectivity index (χ3v) is 10.1. The molecule has 0 amide bonds. The van der Waals surface area contributed by atoms with Gasteiger partial charge >= 0.3 is 0 Å². The first kappa shape index (κ1) is 27.2. The average molecular weight is 642 g/mol. The van der Waals surface area contributed by atoms with Crippen molar-refractivity contribution in [2.45, 2.75) is 0 Å². The topological polar surface area (TPSA) is 42.7 Å². The zero-order valence-corrected chi connectivity index (χ0v) is 26.8. The highest BCUT2D eigenvalue weighted by atomic mass is 16.3.